The van der Waals surface area contributed by atoms with Gasteiger partial charge in [0.05, 0.1) is 21.4 Å². The fourth-order valence-electron chi connectivity index (χ4n) is 8.51. The van der Waals surface area contributed by atoms with E-state index in [1.165, 1.54) is 81.0 Å². The Bertz CT molecular complexity index is 3230. The van der Waals surface area contributed by atoms with Crippen LogP contribution in [0.5, 0.6) is 0 Å². The second-order valence-corrected chi connectivity index (χ2v) is 15.5. The average Bonchev–Trinajstić information content (AvgIpc) is 3.82. The van der Waals surface area contributed by atoms with Gasteiger partial charge in [0.15, 0.2) is 0 Å². The van der Waals surface area contributed by atoms with Gasteiger partial charge in [0.25, 0.3) is 0 Å². The molecule has 0 atom stereocenters. The number of rotatable bonds is 7. The Morgan fingerprint density at radius 3 is 1.88 bits per heavy atom. The third-order valence-corrected chi connectivity index (χ3v) is 12.4. The highest BCUT2D eigenvalue weighted by atomic mass is 32.1. The second-order valence-electron chi connectivity index (χ2n) is 14.5. The quantitative estimate of drug-likeness (QED) is 0.158. The van der Waals surface area contributed by atoms with Crippen LogP contribution in [0.15, 0.2) is 218 Å². The largest absolute Gasteiger partial charge is 0.310 e. The van der Waals surface area contributed by atoms with Gasteiger partial charge in [-0.05, 0) is 93.2 Å². The maximum absolute atomic E-state index is 2.44. The average molecular weight is 745 g/mol. The predicted molar refractivity (Wildman–Crippen MR) is 245 cm³/mol. The Balaban J connectivity index is 1.08. The van der Waals surface area contributed by atoms with Crippen LogP contribution >= 0.6 is 11.3 Å². The van der Waals surface area contributed by atoms with Gasteiger partial charge in [-0.25, -0.2) is 0 Å². The zero-order valence-corrected chi connectivity index (χ0v) is 31.9. The van der Waals surface area contributed by atoms with Gasteiger partial charge < -0.3 is 9.47 Å². The molecule has 0 spiro atoms. The van der Waals surface area contributed by atoms with E-state index < -0.39 is 0 Å². The third kappa shape index (κ3) is 5.71. The van der Waals surface area contributed by atoms with Crippen molar-refractivity contribution >= 4 is 70.4 Å². The maximum Gasteiger partial charge on any atom is 0.0727 e. The van der Waals surface area contributed by atoms with E-state index in [0.717, 1.165) is 17.1 Å². The summed E-state index contributed by atoms with van der Waals surface area (Å²) in [5.74, 6) is 0. The van der Waals surface area contributed by atoms with Crippen molar-refractivity contribution in [1.29, 1.82) is 0 Å². The minimum Gasteiger partial charge on any atom is -0.310 e. The summed E-state index contributed by atoms with van der Waals surface area (Å²) in [4.78, 5) is 2.41. The van der Waals surface area contributed by atoms with Crippen LogP contribution in [0.2, 0.25) is 0 Å². The molecule has 268 valence electrons. The van der Waals surface area contributed by atoms with Crippen molar-refractivity contribution in [3.05, 3.63) is 218 Å². The molecule has 9 aromatic carbocycles. The molecule has 0 bridgehead atoms. The summed E-state index contributed by atoms with van der Waals surface area (Å²) < 4.78 is 5.05. The second kappa shape index (κ2) is 13.8. The van der Waals surface area contributed by atoms with Crippen LogP contribution in [0.4, 0.5) is 17.1 Å². The first kappa shape index (κ1) is 33.2. The number of aromatic nitrogens is 1. The molecular weight excluding hydrogens is 709 g/mol. The van der Waals surface area contributed by atoms with Gasteiger partial charge in [-0.2, -0.15) is 0 Å². The molecule has 2 nitrogen and oxygen atoms in total. The van der Waals surface area contributed by atoms with E-state index in [4.69, 9.17) is 0 Å². The summed E-state index contributed by atoms with van der Waals surface area (Å²) in [6, 6.07) is 79.2. The molecule has 0 saturated carbocycles. The first-order chi connectivity index (χ1) is 28.3. The van der Waals surface area contributed by atoms with Gasteiger partial charge in [-0.1, -0.05) is 164 Å². The van der Waals surface area contributed by atoms with Crippen molar-refractivity contribution in [2.45, 2.75) is 0 Å². The van der Waals surface area contributed by atoms with E-state index in [2.05, 4.69) is 228 Å². The van der Waals surface area contributed by atoms with Crippen molar-refractivity contribution in [3.8, 4) is 39.1 Å². The Labute approximate surface area is 335 Å². The van der Waals surface area contributed by atoms with Crippen LogP contribution < -0.4 is 4.90 Å². The molecule has 0 aliphatic carbocycles. The van der Waals surface area contributed by atoms with Crippen LogP contribution in [-0.4, -0.2) is 4.57 Å². The lowest BCUT2D eigenvalue weighted by atomic mass is 9.99. The normalized spacial score (nSPS) is 11.5. The molecule has 3 heteroatoms. The number of hydrogen-bond donors (Lipinski definition) is 0. The zero-order valence-electron chi connectivity index (χ0n) is 31.1. The van der Waals surface area contributed by atoms with Gasteiger partial charge in [0.2, 0.25) is 0 Å². The lowest BCUT2D eigenvalue weighted by Gasteiger charge is -2.28. The summed E-state index contributed by atoms with van der Waals surface area (Å²) in [6.07, 6.45) is 0. The van der Waals surface area contributed by atoms with Gasteiger partial charge >= 0.3 is 0 Å². The van der Waals surface area contributed by atoms with Gasteiger partial charge in [0, 0.05) is 38.1 Å². The molecule has 0 unspecified atom stereocenters. The van der Waals surface area contributed by atoms with Crippen LogP contribution in [0.3, 0.4) is 0 Å². The predicted octanol–water partition coefficient (Wildman–Crippen LogP) is 15.6. The lowest BCUT2D eigenvalue weighted by Crippen LogP contribution is -2.11. The van der Waals surface area contributed by atoms with Gasteiger partial charge in [-0.3, -0.25) is 0 Å². The number of para-hydroxylation sites is 3. The number of nitrogens with zero attached hydrogens (tertiary/aromatic N) is 2. The van der Waals surface area contributed by atoms with Crippen molar-refractivity contribution in [2.24, 2.45) is 0 Å². The highest BCUT2D eigenvalue weighted by Gasteiger charge is 2.21. The van der Waals surface area contributed by atoms with E-state index in [-0.39, 0.29) is 0 Å². The monoisotopic (exact) mass is 744 g/mol. The number of thiophene rings is 1. The molecule has 0 aliphatic rings. The van der Waals surface area contributed by atoms with Crippen LogP contribution in [-0.2, 0) is 0 Å². The van der Waals surface area contributed by atoms with E-state index in [1.54, 1.807) is 0 Å². The highest BCUT2D eigenvalue weighted by molar-refractivity contribution is 7.27. The lowest BCUT2D eigenvalue weighted by molar-refractivity contribution is 1.19. The van der Waals surface area contributed by atoms with Crippen molar-refractivity contribution < 1.29 is 0 Å². The molecule has 0 aliphatic heterocycles. The molecule has 0 fully saturated rings. The van der Waals surface area contributed by atoms with E-state index >= 15 is 0 Å². The molecule has 0 N–H and O–H groups in total. The zero-order chi connectivity index (χ0) is 37.7. The summed E-state index contributed by atoms with van der Waals surface area (Å²) in [7, 11) is 0. The van der Waals surface area contributed by atoms with Crippen LogP contribution in [0.1, 0.15) is 0 Å². The molecule has 11 aromatic rings. The number of hydrogen-bond acceptors (Lipinski definition) is 2. The fourth-order valence-corrected chi connectivity index (χ4v) is 9.86. The molecule has 2 aromatic heterocycles. The van der Waals surface area contributed by atoms with E-state index in [1.807, 2.05) is 11.3 Å². The first-order valence-corrected chi connectivity index (χ1v) is 20.2. The standard InChI is InChI=1S/C54H36N2S/c1-3-16-39(17-4-1)46-23-9-11-27-50(46)55(44-33-31-38(32-34-44)41-30-29-37-15-7-8-18-40(37)35-41)45-22-13-19-42(36-45)47-25-14-26-49-52-54(57-53(47)49)48-24-10-12-28-51(48)56(52)43-20-5-2-6-21-43/h1-36H. The Hall–Kier alpha value is -7.20. The van der Waals surface area contributed by atoms with Crippen molar-refractivity contribution in [3.63, 3.8) is 0 Å². The van der Waals surface area contributed by atoms with Crippen molar-refractivity contribution in [1.82, 2.24) is 4.57 Å². The molecule has 2 heterocycles. The van der Waals surface area contributed by atoms with Crippen LogP contribution in [0, 0.1) is 0 Å². The smallest absolute Gasteiger partial charge is 0.0727 e. The third-order valence-electron chi connectivity index (χ3n) is 11.2. The summed E-state index contributed by atoms with van der Waals surface area (Å²) in [6.45, 7) is 0. The fraction of sp³-hybridized carbons (Fsp3) is 0. The number of fused-ring (bicyclic) bond motifs is 6. The van der Waals surface area contributed by atoms with Gasteiger partial charge in [0.1, 0.15) is 0 Å². The van der Waals surface area contributed by atoms with Gasteiger partial charge in [-0.15, -0.1) is 11.3 Å². The summed E-state index contributed by atoms with van der Waals surface area (Å²) in [5, 5.41) is 5.06. The SMILES string of the molecule is c1ccc(-c2ccccc2N(c2ccc(-c3ccc4ccccc4c3)cc2)c2cccc(-c3cccc4c3sc3c5ccccc5n(-c5ccccc5)c43)c2)cc1. The molecule has 57 heavy (non-hydrogen) atoms. The van der Waals surface area contributed by atoms with E-state index in [0.29, 0.717) is 0 Å². The summed E-state index contributed by atoms with van der Waals surface area (Å²) >= 11 is 1.90. The minimum atomic E-state index is 1.10. The Morgan fingerprint density at radius 2 is 1.02 bits per heavy atom. The molecule has 11 rings (SSSR count). The van der Waals surface area contributed by atoms with E-state index in [9.17, 15) is 0 Å². The first-order valence-electron chi connectivity index (χ1n) is 19.4. The van der Waals surface area contributed by atoms with Crippen LogP contribution in [0.25, 0.3) is 81.0 Å². The number of benzene rings is 9. The minimum absolute atomic E-state index is 1.10. The Morgan fingerprint density at radius 1 is 0.368 bits per heavy atom. The Kier molecular flexibility index (Phi) is 8.04. The highest BCUT2D eigenvalue weighted by Crippen LogP contribution is 2.47. The molecule has 0 radical (unpaired) electrons. The summed E-state index contributed by atoms with van der Waals surface area (Å²) in [5.41, 5.74) is 14.2. The molecule has 0 saturated heterocycles. The van der Waals surface area contributed by atoms with Crippen molar-refractivity contribution in [2.75, 3.05) is 4.90 Å². The molecule has 0 amide bonds. The molecular formula is C54H36N2S. The maximum atomic E-state index is 2.44. The number of anilines is 3. The topological polar surface area (TPSA) is 8.17 Å².